The molecule has 0 aliphatic rings. The van der Waals surface area contributed by atoms with Crippen molar-refractivity contribution < 1.29 is 19.5 Å². The lowest BCUT2D eigenvalue weighted by molar-refractivity contribution is -0.135. The first kappa shape index (κ1) is 20.9. The van der Waals surface area contributed by atoms with Crippen LogP contribution in [0, 0.1) is 25.2 Å². The number of nitrogens with one attached hydrogen (secondary N) is 2. The highest BCUT2D eigenvalue weighted by Crippen LogP contribution is 2.23. The van der Waals surface area contributed by atoms with E-state index in [0.29, 0.717) is 16.3 Å². The minimum atomic E-state index is -1.13. The number of benzene rings is 1. The summed E-state index contributed by atoms with van der Waals surface area (Å²) in [5.74, 6) is -1.85. The van der Waals surface area contributed by atoms with Gasteiger partial charge in [0.1, 0.15) is 17.6 Å². The lowest BCUT2D eigenvalue weighted by Gasteiger charge is -2.09. The number of carbonyl (C=O) groups excluding carboxylic acids is 2. The highest BCUT2D eigenvalue weighted by molar-refractivity contribution is 8.00. The third-order valence-electron chi connectivity index (χ3n) is 3.59. The lowest BCUT2D eigenvalue weighted by atomic mass is 10.1. The number of carboxylic acid groups (broad SMARTS) is 1. The fourth-order valence-corrected chi connectivity index (χ4v) is 3.24. The molecule has 0 spiro atoms. The van der Waals surface area contributed by atoms with Gasteiger partial charge in [-0.2, -0.15) is 5.26 Å². The van der Waals surface area contributed by atoms with Crippen molar-refractivity contribution in [1.29, 1.82) is 5.26 Å². The molecule has 0 aliphatic carbocycles. The first-order valence-electron chi connectivity index (χ1n) is 8.21. The highest BCUT2D eigenvalue weighted by Gasteiger charge is 2.12. The lowest BCUT2D eigenvalue weighted by Crippen LogP contribution is -2.29. The molecule has 0 saturated heterocycles. The highest BCUT2D eigenvalue weighted by atomic mass is 32.2. The number of carboxylic acids is 1. The van der Waals surface area contributed by atoms with Crippen molar-refractivity contribution in [3.05, 3.63) is 52.7 Å². The van der Waals surface area contributed by atoms with Crippen LogP contribution in [0.15, 0.2) is 35.4 Å². The van der Waals surface area contributed by atoms with Crippen LogP contribution in [0.5, 0.6) is 0 Å². The van der Waals surface area contributed by atoms with E-state index in [4.69, 9.17) is 5.11 Å². The Hall–Kier alpha value is -3.38. The number of hydrogen-bond donors (Lipinski definition) is 3. The van der Waals surface area contributed by atoms with Crippen LogP contribution in [-0.4, -0.2) is 40.2 Å². The molecule has 2 aromatic rings. The molecule has 0 saturated carbocycles. The monoisotopic (exact) mass is 398 g/mol. The summed E-state index contributed by atoms with van der Waals surface area (Å²) in [5, 5.41) is 23.3. The molecule has 9 heteroatoms. The Bertz CT molecular complexity index is 952. The number of hydrogen-bond acceptors (Lipinski definition) is 6. The maximum atomic E-state index is 12.2. The normalized spacial score (nSPS) is 10.0. The molecule has 0 fully saturated rings. The first-order chi connectivity index (χ1) is 13.3. The number of carbonyl (C=O) groups is 3. The molecule has 1 heterocycles. The summed E-state index contributed by atoms with van der Waals surface area (Å²) < 4.78 is 0. The van der Waals surface area contributed by atoms with Crippen LogP contribution in [0.3, 0.4) is 0 Å². The molecule has 8 nitrogen and oxygen atoms in total. The predicted molar refractivity (Wildman–Crippen MR) is 104 cm³/mol. The molecule has 1 aromatic heterocycles. The Balaban J connectivity index is 1.94. The minimum Gasteiger partial charge on any atom is -0.480 e. The van der Waals surface area contributed by atoms with E-state index in [-0.39, 0.29) is 17.2 Å². The van der Waals surface area contributed by atoms with Gasteiger partial charge in [0.25, 0.3) is 5.91 Å². The van der Waals surface area contributed by atoms with Crippen LogP contribution in [0.25, 0.3) is 0 Å². The van der Waals surface area contributed by atoms with Crippen molar-refractivity contribution in [2.45, 2.75) is 18.9 Å². The Morgan fingerprint density at radius 2 is 1.89 bits per heavy atom. The number of nitrogens with zero attached hydrogens (tertiary/aromatic N) is 2. The smallest absolute Gasteiger partial charge is 0.322 e. The molecule has 2 amide bonds. The minimum absolute atomic E-state index is 0.0748. The summed E-state index contributed by atoms with van der Waals surface area (Å²) >= 11 is 1.18. The summed E-state index contributed by atoms with van der Waals surface area (Å²) in [5.41, 5.74) is 2.83. The molecule has 144 valence electrons. The molecular formula is C19H18N4O4S. The van der Waals surface area contributed by atoms with Gasteiger partial charge in [0.15, 0.2) is 0 Å². The van der Waals surface area contributed by atoms with Gasteiger partial charge in [-0.05, 0) is 49.7 Å². The molecule has 2 rings (SSSR count). The third kappa shape index (κ3) is 5.82. The predicted octanol–water partition coefficient (Wildman–Crippen LogP) is 2.12. The van der Waals surface area contributed by atoms with E-state index in [2.05, 4.69) is 21.7 Å². The molecule has 0 radical (unpaired) electrons. The Kier molecular flexibility index (Phi) is 7.12. The largest absolute Gasteiger partial charge is 0.480 e. The van der Waals surface area contributed by atoms with Gasteiger partial charge in [-0.25, -0.2) is 4.98 Å². The number of amides is 2. The second kappa shape index (κ2) is 9.53. The van der Waals surface area contributed by atoms with Crippen LogP contribution >= 0.6 is 11.8 Å². The fourth-order valence-electron chi connectivity index (χ4n) is 2.34. The Labute approximate surface area is 166 Å². The average molecular weight is 398 g/mol. The Morgan fingerprint density at radius 3 is 2.50 bits per heavy atom. The number of thioether (sulfide) groups is 1. The van der Waals surface area contributed by atoms with Gasteiger partial charge in [-0.3, -0.25) is 14.4 Å². The molecule has 0 unspecified atom stereocenters. The van der Waals surface area contributed by atoms with Gasteiger partial charge in [0, 0.05) is 16.9 Å². The van der Waals surface area contributed by atoms with Crippen molar-refractivity contribution in [3.8, 4) is 6.07 Å². The zero-order valence-corrected chi connectivity index (χ0v) is 16.1. The molecule has 0 atom stereocenters. The van der Waals surface area contributed by atoms with Crippen LogP contribution < -0.4 is 10.6 Å². The third-order valence-corrected chi connectivity index (χ3v) is 4.57. The maximum Gasteiger partial charge on any atom is 0.322 e. The second-order valence-electron chi connectivity index (χ2n) is 5.86. The summed E-state index contributed by atoms with van der Waals surface area (Å²) in [6, 6.07) is 10.00. The summed E-state index contributed by atoms with van der Waals surface area (Å²) in [6.07, 6.45) is 0. The number of aryl methyl sites for hydroxylation is 2. The zero-order valence-electron chi connectivity index (χ0n) is 15.3. The van der Waals surface area contributed by atoms with E-state index in [1.165, 1.54) is 23.9 Å². The number of aliphatic carboxylic acids is 1. The van der Waals surface area contributed by atoms with Gasteiger partial charge in [-0.1, -0.05) is 11.8 Å². The van der Waals surface area contributed by atoms with Gasteiger partial charge in [0.05, 0.1) is 11.3 Å². The van der Waals surface area contributed by atoms with Crippen molar-refractivity contribution >= 4 is 35.2 Å². The van der Waals surface area contributed by atoms with E-state index < -0.39 is 18.4 Å². The zero-order chi connectivity index (χ0) is 20.7. The first-order valence-corrected chi connectivity index (χ1v) is 9.19. The molecule has 1 aromatic carbocycles. The van der Waals surface area contributed by atoms with Crippen LogP contribution in [0.4, 0.5) is 5.69 Å². The number of anilines is 1. The average Bonchev–Trinajstić information content (AvgIpc) is 2.64. The van der Waals surface area contributed by atoms with Crippen LogP contribution in [0.1, 0.15) is 27.2 Å². The van der Waals surface area contributed by atoms with E-state index in [9.17, 15) is 19.6 Å². The molecule has 28 heavy (non-hydrogen) atoms. The number of rotatable bonds is 7. The van der Waals surface area contributed by atoms with Crippen LogP contribution in [0.2, 0.25) is 0 Å². The summed E-state index contributed by atoms with van der Waals surface area (Å²) in [7, 11) is 0. The van der Waals surface area contributed by atoms with E-state index in [0.717, 1.165) is 11.3 Å². The maximum absolute atomic E-state index is 12.2. The van der Waals surface area contributed by atoms with E-state index in [1.54, 1.807) is 12.1 Å². The molecular weight excluding hydrogens is 380 g/mol. The van der Waals surface area contributed by atoms with Crippen molar-refractivity contribution in [2.24, 2.45) is 0 Å². The van der Waals surface area contributed by atoms with Crippen molar-refractivity contribution in [1.82, 2.24) is 10.3 Å². The second-order valence-corrected chi connectivity index (χ2v) is 6.83. The summed E-state index contributed by atoms with van der Waals surface area (Å²) in [4.78, 5) is 38.7. The molecule has 0 aliphatic heterocycles. The number of nitriles is 1. The standard InChI is InChI=1S/C19H18N4O4S/c1-11-7-12(2)22-19(15(11)8-20)28-10-16(24)23-14-5-3-13(4-6-14)18(27)21-9-17(25)26/h3-7H,9-10H2,1-2H3,(H,21,27)(H,23,24)(H,25,26). The molecule has 0 bridgehead atoms. The van der Waals surface area contributed by atoms with E-state index in [1.807, 2.05) is 19.9 Å². The molecule has 3 N–H and O–H groups in total. The summed E-state index contributed by atoms with van der Waals surface area (Å²) in [6.45, 7) is 3.18. The van der Waals surface area contributed by atoms with Gasteiger partial charge in [0.2, 0.25) is 5.91 Å². The van der Waals surface area contributed by atoms with Gasteiger partial charge < -0.3 is 15.7 Å². The quantitative estimate of drug-likeness (QED) is 0.609. The van der Waals surface area contributed by atoms with Crippen LogP contribution in [-0.2, 0) is 9.59 Å². The Morgan fingerprint density at radius 1 is 1.21 bits per heavy atom. The number of pyridine rings is 1. The topological polar surface area (TPSA) is 132 Å². The SMILES string of the molecule is Cc1cc(C)c(C#N)c(SCC(=O)Nc2ccc(C(=O)NCC(=O)O)cc2)n1. The number of aromatic nitrogens is 1. The van der Waals surface area contributed by atoms with Crippen molar-refractivity contribution in [3.63, 3.8) is 0 Å². The van der Waals surface area contributed by atoms with Gasteiger partial charge >= 0.3 is 5.97 Å². The van der Waals surface area contributed by atoms with Crippen molar-refractivity contribution in [2.75, 3.05) is 17.6 Å². The fraction of sp³-hybridized carbons (Fsp3) is 0.211. The van der Waals surface area contributed by atoms with E-state index >= 15 is 0 Å². The van der Waals surface area contributed by atoms with Gasteiger partial charge in [-0.15, -0.1) is 0 Å².